The third-order valence-corrected chi connectivity index (χ3v) is 7.49. The Labute approximate surface area is 203 Å². The fraction of sp³-hybridized carbons (Fsp3) is 0.318. The molecule has 0 bridgehead atoms. The molecule has 9 nitrogen and oxygen atoms in total. The molecule has 2 aromatic carbocycles. The smallest absolute Gasteiger partial charge is 0.251 e. The van der Waals surface area contributed by atoms with Crippen molar-refractivity contribution in [2.24, 2.45) is 5.73 Å². The Morgan fingerprint density at radius 2 is 1.97 bits per heavy atom. The molecule has 3 N–H and O–H groups in total. The molecule has 0 saturated carbocycles. The van der Waals surface area contributed by atoms with Crippen molar-refractivity contribution in [3.63, 3.8) is 0 Å². The predicted octanol–water partition coefficient (Wildman–Crippen LogP) is 2.48. The molecule has 1 fully saturated rings. The van der Waals surface area contributed by atoms with Gasteiger partial charge < -0.3 is 11.1 Å². The molecule has 0 spiro atoms. The lowest BCUT2D eigenvalue weighted by atomic mass is 10.0. The summed E-state index contributed by atoms with van der Waals surface area (Å²) >= 11 is 0. The van der Waals surface area contributed by atoms with Gasteiger partial charge in [0.2, 0.25) is 10.0 Å². The largest absolute Gasteiger partial charge is 0.355 e. The number of allylic oxidation sites excluding steroid dienone is 1. The number of fused-ring (bicyclic) bond motifs is 1. The first kappa shape index (κ1) is 25.8. The number of aromatic nitrogens is 3. The van der Waals surface area contributed by atoms with Crippen molar-refractivity contribution in [1.29, 1.82) is 0 Å². The molecular formula is C22H26ClFN6O3S. The summed E-state index contributed by atoms with van der Waals surface area (Å²) in [5.41, 5.74) is 7.67. The van der Waals surface area contributed by atoms with E-state index in [1.54, 1.807) is 36.4 Å². The second-order valence-electron chi connectivity index (χ2n) is 7.74. The van der Waals surface area contributed by atoms with Gasteiger partial charge in [0.1, 0.15) is 11.3 Å². The number of rotatable bonds is 7. The summed E-state index contributed by atoms with van der Waals surface area (Å²) in [6, 6.07) is 9.75. The van der Waals surface area contributed by atoms with Crippen LogP contribution in [-0.2, 0) is 16.6 Å². The van der Waals surface area contributed by atoms with Gasteiger partial charge in [0.25, 0.3) is 5.91 Å². The molecule has 1 saturated heterocycles. The van der Waals surface area contributed by atoms with Crippen LogP contribution in [0.25, 0.3) is 22.2 Å². The molecule has 1 amide bonds. The summed E-state index contributed by atoms with van der Waals surface area (Å²) in [4.78, 5) is 12.6. The zero-order valence-corrected chi connectivity index (χ0v) is 20.2. The van der Waals surface area contributed by atoms with Gasteiger partial charge in [0.05, 0.1) is 17.0 Å². The van der Waals surface area contributed by atoms with Gasteiger partial charge in [-0.25, -0.2) is 17.5 Å². The van der Waals surface area contributed by atoms with E-state index in [0.717, 1.165) is 12.8 Å². The monoisotopic (exact) mass is 508 g/mol. The van der Waals surface area contributed by atoms with Gasteiger partial charge in [0, 0.05) is 37.8 Å². The Balaban J connectivity index is 0.00000324. The number of amides is 1. The van der Waals surface area contributed by atoms with E-state index in [-0.39, 0.29) is 36.3 Å². The molecule has 0 aliphatic carbocycles. The summed E-state index contributed by atoms with van der Waals surface area (Å²) < 4.78 is 43.1. The van der Waals surface area contributed by atoms with E-state index in [4.69, 9.17) is 5.73 Å². The van der Waals surface area contributed by atoms with Crippen LogP contribution in [0.2, 0.25) is 0 Å². The third-order valence-electron chi connectivity index (χ3n) is 5.60. The van der Waals surface area contributed by atoms with E-state index in [1.165, 1.54) is 22.1 Å². The number of nitrogens with one attached hydrogen (secondary N) is 1. The van der Waals surface area contributed by atoms with E-state index in [2.05, 4.69) is 15.6 Å². The first-order chi connectivity index (χ1) is 15.8. The molecule has 1 aliphatic rings. The fourth-order valence-electron chi connectivity index (χ4n) is 3.92. The molecule has 1 aliphatic heterocycles. The van der Waals surface area contributed by atoms with Crippen molar-refractivity contribution in [3.8, 4) is 11.1 Å². The first-order valence-corrected chi connectivity index (χ1v) is 12.0. The Hall–Kier alpha value is -2.86. The normalized spacial score (nSPS) is 14.9. The standard InChI is InChI=1S/C22H25FN6O3S.ClH/c1-25-22(30)16-12-19(21-20(13-16)29(27-26-21)14-17(23)7-8-24)15-5-4-6-18(11-15)33(31,32)28-9-2-3-10-28;/h4-7,11-13H,2-3,8-10,14,24H2,1H3,(H,25,30);1H/b17-7-;. The van der Waals surface area contributed by atoms with Gasteiger partial charge in [-0.1, -0.05) is 17.3 Å². The molecule has 34 heavy (non-hydrogen) atoms. The average molecular weight is 509 g/mol. The van der Waals surface area contributed by atoms with Gasteiger partial charge in [-0.05, 0) is 48.7 Å². The zero-order valence-electron chi connectivity index (χ0n) is 18.6. The van der Waals surface area contributed by atoms with E-state index in [9.17, 15) is 17.6 Å². The van der Waals surface area contributed by atoms with Crippen LogP contribution >= 0.6 is 12.4 Å². The number of sulfonamides is 1. The van der Waals surface area contributed by atoms with Crippen molar-refractivity contribution in [1.82, 2.24) is 24.6 Å². The van der Waals surface area contributed by atoms with Crippen molar-refractivity contribution in [2.75, 3.05) is 26.7 Å². The van der Waals surface area contributed by atoms with Crippen molar-refractivity contribution in [3.05, 3.63) is 53.9 Å². The van der Waals surface area contributed by atoms with Crippen LogP contribution in [0, 0.1) is 0 Å². The van der Waals surface area contributed by atoms with E-state index in [1.807, 2.05) is 0 Å². The van der Waals surface area contributed by atoms with Crippen LogP contribution in [0.1, 0.15) is 23.2 Å². The van der Waals surface area contributed by atoms with Crippen LogP contribution < -0.4 is 11.1 Å². The molecule has 1 aromatic heterocycles. The molecule has 0 radical (unpaired) electrons. The lowest BCUT2D eigenvalue weighted by Gasteiger charge is -2.16. The minimum Gasteiger partial charge on any atom is -0.355 e. The predicted molar refractivity (Wildman–Crippen MR) is 130 cm³/mol. The molecule has 182 valence electrons. The Morgan fingerprint density at radius 1 is 1.24 bits per heavy atom. The van der Waals surface area contributed by atoms with Crippen LogP contribution in [0.4, 0.5) is 4.39 Å². The number of halogens is 2. The summed E-state index contributed by atoms with van der Waals surface area (Å²) in [7, 11) is -2.12. The Bertz CT molecular complexity index is 1340. The van der Waals surface area contributed by atoms with Gasteiger partial charge in [-0.2, -0.15) is 4.31 Å². The van der Waals surface area contributed by atoms with Gasteiger partial charge >= 0.3 is 0 Å². The topological polar surface area (TPSA) is 123 Å². The SMILES string of the molecule is CNC(=O)c1cc(-c2cccc(S(=O)(=O)N3CCCC3)c2)c2nnn(C/C(F)=C/CN)c2c1.Cl. The van der Waals surface area contributed by atoms with Crippen LogP contribution in [0.15, 0.2) is 53.2 Å². The number of hydrogen-bond acceptors (Lipinski definition) is 6. The molecule has 0 atom stereocenters. The average Bonchev–Trinajstić information content (AvgIpc) is 3.49. The maximum Gasteiger partial charge on any atom is 0.251 e. The van der Waals surface area contributed by atoms with E-state index < -0.39 is 15.9 Å². The quantitative estimate of drug-likeness (QED) is 0.505. The summed E-state index contributed by atoms with van der Waals surface area (Å²) in [5, 5.41) is 10.8. The lowest BCUT2D eigenvalue weighted by Crippen LogP contribution is -2.27. The van der Waals surface area contributed by atoms with Gasteiger partial charge in [-0.15, -0.1) is 17.5 Å². The van der Waals surface area contributed by atoms with Crippen molar-refractivity contribution < 1.29 is 17.6 Å². The highest BCUT2D eigenvalue weighted by Crippen LogP contribution is 2.32. The highest BCUT2D eigenvalue weighted by atomic mass is 35.5. The Morgan fingerprint density at radius 3 is 2.65 bits per heavy atom. The van der Waals surface area contributed by atoms with Gasteiger partial charge in [0.15, 0.2) is 0 Å². The number of nitrogens with zero attached hydrogens (tertiary/aromatic N) is 4. The number of carbonyl (C=O) groups excluding carboxylic acids is 1. The number of hydrogen-bond donors (Lipinski definition) is 2. The zero-order chi connectivity index (χ0) is 23.6. The minimum absolute atomic E-state index is 0. The second kappa shape index (κ2) is 10.6. The summed E-state index contributed by atoms with van der Waals surface area (Å²) in [5.74, 6) is -0.820. The molecule has 3 aromatic rings. The minimum atomic E-state index is -3.63. The highest BCUT2D eigenvalue weighted by molar-refractivity contribution is 7.89. The number of nitrogens with two attached hydrogens (primary N) is 1. The lowest BCUT2D eigenvalue weighted by molar-refractivity contribution is 0.0963. The summed E-state index contributed by atoms with van der Waals surface area (Å²) in [6.07, 6.45) is 2.92. The molecule has 0 unspecified atom stereocenters. The second-order valence-corrected chi connectivity index (χ2v) is 9.68. The molecule has 2 heterocycles. The van der Waals surface area contributed by atoms with Crippen LogP contribution in [0.5, 0.6) is 0 Å². The van der Waals surface area contributed by atoms with Gasteiger partial charge in [-0.3, -0.25) is 4.79 Å². The van der Waals surface area contributed by atoms with Crippen LogP contribution in [0.3, 0.4) is 0 Å². The highest BCUT2D eigenvalue weighted by Gasteiger charge is 2.27. The third kappa shape index (κ3) is 4.97. The Kier molecular flexibility index (Phi) is 8.03. The molecule has 4 rings (SSSR count). The van der Waals surface area contributed by atoms with E-state index >= 15 is 0 Å². The summed E-state index contributed by atoms with van der Waals surface area (Å²) in [6.45, 7) is 0.859. The van der Waals surface area contributed by atoms with Crippen molar-refractivity contribution >= 4 is 39.4 Å². The first-order valence-electron chi connectivity index (χ1n) is 10.6. The number of carbonyl (C=O) groups is 1. The fourth-order valence-corrected chi connectivity index (χ4v) is 5.48. The van der Waals surface area contributed by atoms with E-state index in [0.29, 0.717) is 40.8 Å². The maximum absolute atomic E-state index is 14.1. The number of benzene rings is 2. The molecule has 12 heteroatoms. The maximum atomic E-state index is 14.1. The molecular weight excluding hydrogens is 483 g/mol. The van der Waals surface area contributed by atoms with Crippen molar-refractivity contribution in [2.45, 2.75) is 24.3 Å². The van der Waals surface area contributed by atoms with Crippen LogP contribution in [-0.4, -0.2) is 60.3 Å².